The van der Waals surface area contributed by atoms with E-state index in [1.807, 2.05) is 12.1 Å². The Labute approximate surface area is 489 Å². The van der Waals surface area contributed by atoms with Gasteiger partial charge in [-0.05, 0) is 134 Å². The molecule has 0 amide bonds. The van der Waals surface area contributed by atoms with E-state index >= 15 is 0 Å². The molecule has 0 aliphatic carbocycles. The van der Waals surface area contributed by atoms with Crippen LogP contribution in [0.1, 0.15) is 61.2 Å². The Balaban J connectivity index is 1.21. The third-order valence-corrected chi connectivity index (χ3v) is 18.0. The van der Waals surface area contributed by atoms with Gasteiger partial charge in [-0.1, -0.05) is 194 Å². The number of nitriles is 1. The summed E-state index contributed by atoms with van der Waals surface area (Å²) in [5, 5.41) is 10.7. The van der Waals surface area contributed by atoms with Crippen molar-refractivity contribution in [1.82, 2.24) is 0 Å². The Morgan fingerprint density at radius 2 is 0.393 bits per heavy atom. The van der Waals surface area contributed by atoms with Gasteiger partial charge < -0.3 is 24.5 Å². The molecule has 0 saturated heterocycles. The molecule has 0 spiro atoms. The summed E-state index contributed by atoms with van der Waals surface area (Å²) >= 11 is 0. The summed E-state index contributed by atoms with van der Waals surface area (Å²) in [6.07, 6.45) is 3.89. The number of benzene rings is 12. The summed E-state index contributed by atoms with van der Waals surface area (Å²) in [6.45, 7) is 0. The summed E-state index contributed by atoms with van der Waals surface area (Å²) in [4.78, 5) is 13.2. The van der Waals surface area contributed by atoms with Gasteiger partial charge in [-0.3, -0.25) is 0 Å². The van der Waals surface area contributed by atoms with E-state index in [-0.39, 0.29) is 0 Å². The quantitative estimate of drug-likeness (QED) is 0.165. The maximum absolute atomic E-state index is 10.7. The van der Waals surface area contributed by atoms with Gasteiger partial charge in [0.2, 0.25) is 0 Å². The lowest BCUT2D eigenvalue weighted by atomic mass is 9.85. The molecule has 12 aromatic carbocycles. The molecular weight excluding hydrogens is 1020 g/mol. The van der Waals surface area contributed by atoms with Crippen LogP contribution in [0.3, 0.4) is 0 Å². The average Bonchev–Trinajstić information content (AvgIpc) is 0.775. The van der Waals surface area contributed by atoms with Gasteiger partial charge in [0, 0.05) is 94.5 Å². The average molecular weight is 1080 g/mol. The van der Waals surface area contributed by atoms with Crippen LogP contribution in [0.5, 0.6) is 0 Å². The summed E-state index contributed by atoms with van der Waals surface area (Å²) in [7, 11) is 0. The smallest absolute Gasteiger partial charge is 0.0991 e. The molecule has 0 N–H and O–H groups in total. The van der Waals surface area contributed by atoms with Crippen molar-refractivity contribution in [2.24, 2.45) is 0 Å². The monoisotopic (exact) mass is 1070 g/mol. The van der Waals surface area contributed by atoms with Crippen molar-refractivity contribution < 1.29 is 0 Å². The van der Waals surface area contributed by atoms with Crippen molar-refractivity contribution in [1.29, 1.82) is 5.26 Å². The highest BCUT2D eigenvalue weighted by Crippen LogP contribution is 2.69. The Morgan fingerprint density at radius 1 is 0.214 bits per heavy atom. The molecule has 5 aliphatic heterocycles. The highest BCUT2D eigenvalue weighted by Gasteiger charge is 2.46. The van der Waals surface area contributed by atoms with Gasteiger partial charge in [0.25, 0.3) is 0 Å². The second-order valence-electron chi connectivity index (χ2n) is 22.7. The number of hydrogen-bond acceptors (Lipinski definition) is 6. The molecule has 396 valence electrons. The summed E-state index contributed by atoms with van der Waals surface area (Å²) in [6, 6.07) is 102. The fraction of sp³-hybridized carbons (Fsp3) is 0.0641. The zero-order valence-corrected chi connectivity index (χ0v) is 46.1. The molecule has 5 heterocycles. The van der Waals surface area contributed by atoms with Crippen LogP contribution in [0.25, 0.3) is 11.1 Å². The minimum absolute atomic E-state index is 0.598. The van der Waals surface area contributed by atoms with Crippen LogP contribution in [0.4, 0.5) is 85.3 Å². The van der Waals surface area contributed by atoms with Crippen LogP contribution in [0, 0.1) is 11.3 Å². The molecule has 0 radical (unpaired) electrons. The highest BCUT2D eigenvalue weighted by molar-refractivity contribution is 6.21. The predicted molar refractivity (Wildman–Crippen MR) is 344 cm³/mol. The third kappa shape index (κ3) is 7.29. The van der Waals surface area contributed by atoms with Crippen molar-refractivity contribution in [3.8, 4) is 17.2 Å². The van der Waals surface area contributed by atoms with E-state index in [9.17, 15) is 5.26 Å². The summed E-state index contributed by atoms with van der Waals surface area (Å²) in [5.74, 6) is 0. The summed E-state index contributed by atoms with van der Waals surface area (Å²) in [5.41, 5.74) is 31.3. The first kappa shape index (κ1) is 47.9. The predicted octanol–water partition coefficient (Wildman–Crippen LogP) is 20.1. The fourth-order valence-electron chi connectivity index (χ4n) is 14.4. The summed E-state index contributed by atoms with van der Waals surface area (Å²) < 4.78 is 0. The van der Waals surface area contributed by atoms with Gasteiger partial charge in [0.05, 0.1) is 40.1 Å². The van der Waals surface area contributed by atoms with Gasteiger partial charge in [-0.2, -0.15) is 5.26 Å². The second-order valence-corrected chi connectivity index (χ2v) is 22.7. The number of rotatable bonds is 6. The second kappa shape index (κ2) is 19.1. The van der Waals surface area contributed by atoms with Crippen LogP contribution in [0.2, 0.25) is 0 Å². The van der Waals surface area contributed by atoms with E-state index in [1.54, 1.807) is 0 Å². The molecule has 12 aromatic rings. The molecule has 17 rings (SSSR count). The Bertz CT molecular complexity index is 4280. The minimum atomic E-state index is 0.598. The zero-order chi connectivity index (χ0) is 55.4. The van der Waals surface area contributed by atoms with Crippen molar-refractivity contribution >= 4 is 85.3 Å². The van der Waals surface area contributed by atoms with Crippen molar-refractivity contribution in [2.75, 3.05) is 24.5 Å². The maximum atomic E-state index is 10.7. The van der Waals surface area contributed by atoms with Crippen molar-refractivity contribution in [2.45, 2.75) is 32.1 Å². The number of para-hydroxylation sites is 10. The van der Waals surface area contributed by atoms with E-state index in [1.165, 1.54) is 55.6 Å². The molecule has 6 heteroatoms. The van der Waals surface area contributed by atoms with Gasteiger partial charge in [-0.15, -0.1) is 0 Å². The molecule has 0 bridgehead atoms. The van der Waals surface area contributed by atoms with Crippen molar-refractivity contribution in [3.63, 3.8) is 0 Å². The van der Waals surface area contributed by atoms with Crippen LogP contribution >= 0.6 is 0 Å². The molecule has 5 aliphatic rings. The van der Waals surface area contributed by atoms with E-state index < -0.39 is 0 Å². The van der Waals surface area contributed by atoms with Crippen molar-refractivity contribution in [3.05, 3.63) is 328 Å². The van der Waals surface area contributed by atoms with Gasteiger partial charge >= 0.3 is 0 Å². The normalized spacial score (nSPS) is 13.8. The number of hydrogen-bond donors (Lipinski definition) is 0. The lowest BCUT2D eigenvalue weighted by Crippen LogP contribution is -2.31. The SMILES string of the molecule is N#Cc1ccc(-c2c(N3c4ccccc4Cc4ccccc43)c(N3c4ccccc4Cc4ccccc43)c(N3c4ccccc4Cc4ccccc43)c(N3c4ccccc4Cc4ccccc43)c2N2c3ccccc3Cc3ccccc32)cc1. The molecule has 0 unspecified atom stereocenters. The fourth-order valence-corrected chi connectivity index (χ4v) is 14.4. The zero-order valence-electron chi connectivity index (χ0n) is 46.1. The minimum Gasteiger partial charge on any atom is -0.307 e. The highest BCUT2D eigenvalue weighted by atomic mass is 15.3. The molecule has 6 nitrogen and oxygen atoms in total. The first-order valence-electron chi connectivity index (χ1n) is 29.2. The lowest BCUT2D eigenvalue weighted by molar-refractivity contribution is 1.03. The Kier molecular flexibility index (Phi) is 10.9. The van der Waals surface area contributed by atoms with E-state index in [0.29, 0.717) is 5.56 Å². The van der Waals surface area contributed by atoms with Gasteiger partial charge in [0.1, 0.15) is 0 Å². The molecule has 0 saturated carbocycles. The molecule has 0 aromatic heterocycles. The number of fused-ring (bicyclic) bond motifs is 10. The van der Waals surface area contributed by atoms with Crippen LogP contribution in [-0.4, -0.2) is 0 Å². The molecule has 84 heavy (non-hydrogen) atoms. The topological polar surface area (TPSA) is 40.0 Å². The first-order chi connectivity index (χ1) is 41.7. The molecular formula is C78H54N6. The van der Waals surface area contributed by atoms with Crippen LogP contribution in [-0.2, 0) is 32.1 Å². The van der Waals surface area contributed by atoms with E-state index in [2.05, 4.69) is 285 Å². The van der Waals surface area contributed by atoms with E-state index in [0.717, 1.165) is 129 Å². The van der Waals surface area contributed by atoms with Gasteiger partial charge in [0.15, 0.2) is 0 Å². The van der Waals surface area contributed by atoms with Crippen LogP contribution < -0.4 is 24.5 Å². The lowest BCUT2D eigenvalue weighted by Gasteiger charge is -2.48. The first-order valence-corrected chi connectivity index (χ1v) is 29.2. The van der Waals surface area contributed by atoms with Crippen LogP contribution in [0.15, 0.2) is 267 Å². The Morgan fingerprint density at radius 3 is 0.595 bits per heavy atom. The van der Waals surface area contributed by atoms with E-state index in [4.69, 9.17) is 0 Å². The number of anilines is 15. The molecule has 0 fully saturated rings. The largest absolute Gasteiger partial charge is 0.307 e. The third-order valence-electron chi connectivity index (χ3n) is 18.0. The number of nitrogens with zero attached hydrogens (tertiary/aromatic N) is 6. The standard InChI is InChI=1S/C78H54N6/c79-50-51-41-43-52(44-42-51)73-74(80-63-31-11-1-21-53(63)45-54-22-2-12-32-64(54)80)76(82-67-35-15-5-25-57(67)47-58-26-6-16-36-68(58)82)78(84-71-39-19-9-29-61(71)49-62-30-10-20-40-72(62)84)77(83-69-37-17-7-27-59(69)48-60-28-8-18-38-70(60)83)75(73)81-65-33-13-3-23-55(65)46-56-24-4-14-34-66(56)81/h1-44H,45-49H2. The maximum Gasteiger partial charge on any atom is 0.0991 e. The Hall–Kier alpha value is -10.9. The van der Waals surface area contributed by atoms with Gasteiger partial charge in [-0.25, -0.2) is 0 Å². The molecule has 0 atom stereocenters.